The summed E-state index contributed by atoms with van der Waals surface area (Å²) in [6, 6.07) is 11.4. The number of halogens is 1. The number of anilines is 2. The van der Waals surface area contributed by atoms with Crippen LogP contribution in [-0.2, 0) is 4.74 Å². The zero-order chi connectivity index (χ0) is 19.0. The van der Waals surface area contributed by atoms with Gasteiger partial charge in [0.2, 0.25) is 0 Å². The van der Waals surface area contributed by atoms with Crippen molar-refractivity contribution in [2.75, 3.05) is 36.5 Å². The highest BCUT2D eigenvalue weighted by atomic mass is 35.5. The highest BCUT2D eigenvalue weighted by Crippen LogP contribution is 2.29. The summed E-state index contributed by atoms with van der Waals surface area (Å²) in [7, 11) is 0. The van der Waals surface area contributed by atoms with Gasteiger partial charge in [0.15, 0.2) is 5.76 Å². The molecule has 5 nitrogen and oxygen atoms in total. The molecular weight excluding hydrogens is 364 g/mol. The van der Waals surface area contributed by atoms with E-state index >= 15 is 0 Å². The van der Waals surface area contributed by atoms with Gasteiger partial charge in [0.25, 0.3) is 5.91 Å². The second kappa shape index (κ2) is 7.25. The average molecular weight is 385 g/mol. The summed E-state index contributed by atoms with van der Waals surface area (Å²) in [5, 5.41) is 4.44. The number of morpholine rings is 1. The maximum Gasteiger partial charge on any atom is 0.291 e. The number of aryl methyl sites for hydroxylation is 2. The first-order chi connectivity index (χ1) is 13.0. The molecule has 1 saturated heterocycles. The molecule has 2 heterocycles. The minimum absolute atomic E-state index is 0.262. The fraction of sp³-hybridized carbons (Fsp3) is 0.286. The van der Waals surface area contributed by atoms with Crippen molar-refractivity contribution in [1.82, 2.24) is 0 Å². The molecule has 3 aromatic rings. The van der Waals surface area contributed by atoms with E-state index in [0.717, 1.165) is 54.2 Å². The van der Waals surface area contributed by atoms with Gasteiger partial charge in [0.1, 0.15) is 5.58 Å². The van der Waals surface area contributed by atoms with Gasteiger partial charge in [-0.05, 0) is 55.8 Å². The number of furan rings is 1. The second-order valence-corrected chi connectivity index (χ2v) is 7.19. The monoisotopic (exact) mass is 384 g/mol. The molecule has 1 fully saturated rings. The Morgan fingerprint density at radius 2 is 1.89 bits per heavy atom. The van der Waals surface area contributed by atoms with Gasteiger partial charge in [-0.15, -0.1) is 0 Å². The number of amides is 1. The number of ether oxygens (including phenoxy) is 1. The van der Waals surface area contributed by atoms with E-state index in [1.807, 2.05) is 32.0 Å². The molecule has 4 rings (SSSR count). The van der Waals surface area contributed by atoms with E-state index in [1.54, 1.807) is 12.1 Å². The van der Waals surface area contributed by atoms with E-state index < -0.39 is 0 Å². The number of fused-ring (bicyclic) bond motifs is 1. The molecule has 1 N–H and O–H groups in total. The van der Waals surface area contributed by atoms with Gasteiger partial charge < -0.3 is 19.4 Å². The highest BCUT2D eigenvalue weighted by molar-refractivity contribution is 6.31. The number of rotatable bonds is 3. The van der Waals surface area contributed by atoms with E-state index in [2.05, 4.69) is 16.3 Å². The van der Waals surface area contributed by atoms with E-state index in [1.165, 1.54) is 0 Å². The van der Waals surface area contributed by atoms with Gasteiger partial charge in [0.05, 0.1) is 13.2 Å². The minimum atomic E-state index is -0.262. The number of hydrogen-bond donors (Lipinski definition) is 1. The predicted octanol–water partition coefficient (Wildman–Crippen LogP) is 4.79. The van der Waals surface area contributed by atoms with Gasteiger partial charge in [-0.2, -0.15) is 0 Å². The van der Waals surface area contributed by atoms with Crippen molar-refractivity contribution in [1.29, 1.82) is 0 Å². The van der Waals surface area contributed by atoms with Crippen molar-refractivity contribution in [2.24, 2.45) is 0 Å². The lowest BCUT2D eigenvalue weighted by molar-refractivity contribution is 0.0998. The van der Waals surface area contributed by atoms with Crippen LogP contribution in [0.5, 0.6) is 0 Å². The van der Waals surface area contributed by atoms with Crippen molar-refractivity contribution in [2.45, 2.75) is 13.8 Å². The summed E-state index contributed by atoms with van der Waals surface area (Å²) in [4.78, 5) is 15.1. The van der Waals surface area contributed by atoms with E-state index in [9.17, 15) is 4.79 Å². The van der Waals surface area contributed by atoms with Crippen LogP contribution in [-0.4, -0.2) is 32.2 Å². The van der Waals surface area contributed by atoms with Gasteiger partial charge >= 0.3 is 0 Å². The molecular formula is C21H21ClN2O3. The number of nitrogens with zero attached hydrogens (tertiary/aromatic N) is 1. The summed E-state index contributed by atoms with van der Waals surface area (Å²) in [6.45, 7) is 7.10. The Balaban J connectivity index is 1.57. The molecule has 1 amide bonds. The SMILES string of the molecule is Cc1cc(N2CCOCC2)ccc1NC(=O)c1oc2ccc(Cl)cc2c1C. The minimum Gasteiger partial charge on any atom is -0.451 e. The van der Waals surface area contributed by atoms with Crippen LogP contribution < -0.4 is 10.2 Å². The highest BCUT2D eigenvalue weighted by Gasteiger charge is 2.19. The molecule has 27 heavy (non-hydrogen) atoms. The Morgan fingerprint density at radius 3 is 2.63 bits per heavy atom. The normalized spacial score (nSPS) is 14.6. The van der Waals surface area contributed by atoms with Gasteiger partial charge in [0, 0.05) is 40.4 Å². The summed E-state index contributed by atoms with van der Waals surface area (Å²) < 4.78 is 11.2. The maximum absolute atomic E-state index is 12.8. The van der Waals surface area contributed by atoms with Crippen LogP contribution in [0.25, 0.3) is 11.0 Å². The molecule has 1 aliphatic rings. The van der Waals surface area contributed by atoms with Gasteiger partial charge in [-0.3, -0.25) is 4.79 Å². The van der Waals surface area contributed by atoms with Crippen LogP contribution in [0.4, 0.5) is 11.4 Å². The fourth-order valence-corrected chi connectivity index (χ4v) is 3.57. The lowest BCUT2D eigenvalue weighted by Gasteiger charge is -2.29. The summed E-state index contributed by atoms with van der Waals surface area (Å²) in [5.41, 5.74) is 4.36. The third kappa shape index (κ3) is 3.53. The number of hydrogen-bond acceptors (Lipinski definition) is 4. The van der Waals surface area contributed by atoms with E-state index in [-0.39, 0.29) is 5.91 Å². The van der Waals surface area contributed by atoms with Gasteiger partial charge in [-0.25, -0.2) is 0 Å². The van der Waals surface area contributed by atoms with Crippen molar-refractivity contribution >= 4 is 39.9 Å². The largest absolute Gasteiger partial charge is 0.451 e. The number of carbonyl (C=O) groups is 1. The third-order valence-electron chi connectivity index (χ3n) is 4.94. The molecule has 0 radical (unpaired) electrons. The molecule has 0 bridgehead atoms. The van der Waals surface area contributed by atoms with Crippen molar-refractivity contribution in [3.05, 3.63) is 58.3 Å². The first-order valence-corrected chi connectivity index (χ1v) is 9.34. The van der Waals surface area contributed by atoms with E-state index in [4.69, 9.17) is 20.8 Å². The topological polar surface area (TPSA) is 54.7 Å². The van der Waals surface area contributed by atoms with Crippen LogP contribution in [0, 0.1) is 13.8 Å². The number of benzene rings is 2. The molecule has 0 atom stereocenters. The summed E-state index contributed by atoms with van der Waals surface area (Å²) in [5.74, 6) is 0.0472. The molecule has 140 valence electrons. The lowest BCUT2D eigenvalue weighted by Crippen LogP contribution is -2.36. The van der Waals surface area contributed by atoms with Crippen molar-refractivity contribution in [3.63, 3.8) is 0 Å². The number of carbonyl (C=O) groups excluding carboxylic acids is 1. The molecule has 0 aliphatic carbocycles. The molecule has 0 unspecified atom stereocenters. The van der Waals surface area contributed by atoms with Crippen LogP contribution in [0.15, 0.2) is 40.8 Å². The Kier molecular flexibility index (Phi) is 4.81. The molecule has 2 aromatic carbocycles. The standard InChI is InChI=1S/C21H21ClN2O3/c1-13-11-16(24-7-9-26-10-8-24)4-5-18(13)23-21(25)20-14(2)17-12-15(22)3-6-19(17)27-20/h3-6,11-12H,7-10H2,1-2H3,(H,23,25). The molecule has 6 heteroatoms. The molecule has 1 aliphatic heterocycles. The van der Waals surface area contributed by atoms with E-state index in [0.29, 0.717) is 16.4 Å². The summed E-state index contributed by atoms with van der Waals surface area (Å²) >= 11 is 6.05. The third-order valence-corrected chi connectivity index (χ3v) is 5.17. The first-order valence-electron chi connectivity index (χ1n) is 8.96. The second-order valence-electron chi connectivity index (χ2n) is 6.75. The van der Waals surface area contributed by atoms with Crippen LogP contribution in [0.3, 0.4) is 0 Å². The van der Waals surface area contributed by atoms with Crippen molar-refractivity contribution in [3.8, 4) is 0 Å². The fourth-order valence-electron chi connectivity index (χ4n) is 3.40. The summed E-state index contributed by atoms with van der Waals surface area (Å²) in [6.07, 6.45) is 0. The first kappa shape index (κ1) is 17.9. The molecule has 0 saturated carbocycles. The molecule has 0 spiro atoms. The van der Waals surface area contributed by atoms with Crippen molar-refractivity contribution < 1.29 is 13.9 Å². The Morgan fingerprint density at radius 1 is 1.11 bits per heavy atom. The maximum atomic E-state index is 12.8. The zero-order valence-electron chi connectivity index (χ0n) is 15.3. The zero-order valence-corrected chi connectivity index (χ0v) is 16.1. The average Bonchev–Trinajstić information content (AvgIpc) is 3.00. The molecule has 1 aromatic heterocycles. The quantitative estimate of drug-likeness (QED) is 0.705. The number of nitrogens with one attached hydrogen (secondary N) is 1. The Hall–Kier alpha value is -2.50. The lowest BCUT2D eigenvalue weighted by atomic mass is 10.1. The Labute approximate surface area is 162 Å². The Bertz CT molecular complexity index is 1010. The smallest absolute Gasteiger partial charge is 0.291 e. The van der Waals surface area contributed by atoms with Crippen LogP contribution in [0.2, 0.25) is 5.02 Å². The van der Waals surface area contributed by atoms with Crippen LogP contribution in [0.1, 0.15) is 21.7 Å². The van der Waals surface area contributed by atoms with Crippen LogP contribution >= 0.6 is 11.6 Å². The van der Waals surface area contributed by atoms with Gasteiger partial charge in [-0.1, -0.05) is 11.6 Å². The predicted molar refractivity (Wildman–Crippen MR) is 108 cm³/mol.